The van der Waals surface area contributed by atoms with E-state index < -0.39 is 0 Å². The second-order valence-electron chi connectivity index (χ2n) is 0.0913. The van der Waals surface area contributed by atoms with Crippen LogP contribution in [0.4, 0.5) is 0 Å². The van der Waals surface area contributed by atoms with Gasteiger partial charge in [-0.15, -0.1) is 0 Å². The average Bonchev–Trinajstić information content (AvgIpc) is 0.918. The zero-order valence-corrected chi connectivity index (χ0v) is 6.98. The molecule has 0 aliphatic heterocycles. The van der Waals surface area contributed by atoms with Crippen molar-refractivity contribution in [2.24, 2.45) is 0 Å². The summed E-state index contributed by atoms with van der Waals surface area (Å²) in [4.78, 5) is 0. The Morgan fingerprint density at radius 3 is 1.14 bits per heavy atom. The fraction of sp³-hybridized carbons (Fsp3) is 0. The Morgan fingerprint density at radius 2 is 1.14 bits per heavy atom. The van der Waals surface area contributed by atoms with Gasteiger partial charge in [-0.1, -0.05) is 0 Å². The summed E-state index contributed by atoms with van der Waals surface area (Å²) in [6, 6.07) is 0. The van der Waals surface area contributed by atoms with E-state index in [0.29, 0.717) is 6.26 Å². The summed E-state index contributed by atoms with van der Waals surface area (Å²) < 4.78 is 0. The predicted octanol–water partition coefficient (Wildman–Crippen LogP) is -6.64. The molecule has 0 aromatic rings. The van der Waals surface area contributed by atoms with Crippen LogP contribution in [0.1, 0.15) is 0 Å². The van der Waals surface area contributed by atoms with Crippen LogP contribution < -0.4 is 56.5 Å². The van der Waals surface area contributed by atoms with Gasteiger partial charge >= 0.3 is 51.4 Å². The van der Waals surface area contributed by atoms with Crippen LogP contribution >= 0.6 is 0 Å². The Balaban J connectivity index is -0.00000000333. The molecule has 0 heterocycles. The molecule has 0 aliphatic rings. The van der Waals surface area contributed by atoms with Crippen LogP contribution in [0.25, 0.3) is 0 Å². The summed E-state index contributed by atoms with van der Waals surface area (Å²) in [5.74, 6) is 0. The first-order chi connectivity index (χ1) is 1.41. The van der Waals surface area contributed by atoms with Crippen LogP contribution in [0.5, 0.6) is 0 Å². The van der Waals surface area contributed by atoms with Crippen LogP contribution in [0.15, 0.2) is 0 Å². The maximum atomic E-state index is 8.24. The maximum absolute atomic E-state index is 8.24. The molecule has 0 saturated carbocycles. The van der Waals surface area contributed by atoms with Gasteiger partial charge in [0.2, 0.25) is 0 Å². The minimum absolute atomic E-state index is 0. The first kappa shape index (κ1) is 45.9. The van der Waals surface area contributed by atoms with Crippen molar-refractivity contribution in [3.63, 3.8) is 0 Å². The van der Waals surface area contributed by atoms with Crippen LogP contribution in [0, 0.1) is 11.5 Å². The molecule has 0 saturated heterocycles. The minimum Gasteiger partial charge on any atom is -0.812 e. The van der Waals surface area contributed by atoms with Crippen LogP contribution in [-0.2, 0) is 0 Å². The van der Waals surface area contributed by atoms with Crippen molar-refractivity contribution in [3.8, 4) is 6.26 Å². The molecule has 0 atom stereocenters. The second-order valence-corrected chi connectivity index (χ2v) is 0.0913. The van der Waals surface area contributed by atoms with E-state index in [0.717, 1.165) is 0 Å². The molecule has 0 spiro atoms. The fourth-order valence-electron chi connectivity index (χ4n) is 0. The van der Waals surface area contributed by atoms with Gasteiger partial charge < -0.3 is 21.5 Å². The summed E-state index contributed by atoms with van der Waals surface area (Å²) in [5.41, 5.74) is 0. The van der Waals surface area contributed by atoms with E-state index in [4.69, 9.17) is 10.4 Å². The first-order valence-corrected chi connectivity index (χ1v) is 0.428. The molecule has 5 nitrogen and oxygen atoms in total. The second kappa shape index (κ2) is 70.3. The van der Waals surface area contributed by atoms with E-state index in [1.54, 1.807) is 0 Å². The molecule has 0 aromatic carbocycles. The molecule has 0 radical (unpaired) electrons. The fourth-order valence-corrected chi connectivity index (χ4v) is 0. The number of nitrogens with zero attached hydrogens (tertiary/aromatic N) is 1. The van der Waals surface area contributed by atoms with Crippen molar-refractivity contribution in [2.75, 3.05) is 0 Å². The third kappa shape index (κ3) is 242. The van der Waals surface area contributed by atoms with Crippen LogP contribution in [0.3, 0.4) is 0 Å². The maximum Gasteiger partial charge on any atom is 1.00 e. The average molecular weight is 135 g/mol. The van der Waals surface area contributed by atoms with E-state index in [1.165, 1.54) is 0 Å². The van der Waals surface area contributed by atoms with Gasteiger partial charge in [0.05, 0.1) is 0 Å². The van der Waals surface area contributed by atoms with Crippen molar-refractivity contribution in [1.82, 2.24) is 0 Å². The number of hydrogen-bond donors (Lipinski definition) is 0. The Labute approximate surface area is 83.3 Å². The molecule has 0 amide bonds. The molecule has 40 valence electrons. The number of hydrogen-bond acceptors (Lipinski definition) is 2. The Morgan fingerprint density at radius 1 is 1.14 bits per heavy atom. The molecule has 0 fully saturated rings. The molecule has 6 heteroatoms. The zero-order valence-electron chi connectivity index (χ0n) is 3.86. The van der Waals surface area contributed by atoms with Crippen molar-refractivity contribution < 1.29 is 72.9 Å². The number of rotatable bonds is 0. The van der Waals surface area contributed by atoms with E-state index >= 15 is 0 Å². The van der Waals surface area contributed by atoms with Gasteiger partial charge in [-0.05, 0) is 0 Å². The van der Waals surface area contributed by atoms with Crippen LogP contribution in [-0.4, -0.2) is 16.4 Å². The molecule has 7 heavy (non-hydrogen) atoms. The summed E-state index contributed by atoms with van der Waals surface area (Å²) in [5, 5.41) is 15.0. The van der Waals surface area contributed by atoms with Gasteiger partial charge in [0.25, 0.3) is 0 Å². The van der Waals surface area contributed by atoms with Crippen molar-refractivity contribution in [1.29, 1.82) is 5.26 Å². The molecule has 6 N–H and O–H groups in total. The molecular weight excluding hydrogens is 129 g/mol. The van der Waals surface area contributed by atoms with E-state index in [9.17, 15) is 0 Å². The van der Waals surface area contributed by atoms with Gasteiger partial charge in [0, 0.05) is 6.26 Å². The summed E-state index contributed by atoms with van der Waals surface area (Å²) >= 11 is 0. The molecule has 0 rings (SSSR count). The normalized spacial score (nSPS) is 1.00. The van der Waals surface area contributed by atoms with E-state index in [2.05, 4.69) is 0 Å². The largest absolute Gasteiger partial charge is 1.00 e. The quantitative estimate of drug-likeness (QED) is 0.240. The van der Waals surface area contributed by atoms with Crippen LogP contribution in [0.2, 0.25) is 0 Å². The van der Waals surface area contributed by atoms with Crippen molar-refractivity contribution in [2.45, 2.75) is 0 Å². The van der Waals surface area contributed by atoms with Crippen molar-refractivity contribution >= 4 is 0 Å². The predicted molar refractivity (Wildman–Crippen MR) is 16.5 cm³/mol. The standard InChI is InChI=1S/CHNO.K.3H2O/c2-1-3;;;;/h3H;;3*1H2/q;+1;;;/p-1. The topological polar surface area (TPSA) is 141 Å². The number of nitriles is 1. The monoisotopic (exact) mass is 135 g/mol. The molecule has 0 unspecified atom stereocenters. The Bertz CT molecular complexity index is 33.2. The minimum atomic E-state index is 0. The van der Waals surface area contributed by atoms with Gasteiger partial charge in [-0.2, -0.15) is 0 Å². The summed E-state index contributed by atoms with van der Waals surface area (Å²) in [7, 11) is 0. The molecular formula is CH6KNO4. The van der Waals surface area contributed by atoms with E-state index in [1.807, 2.05) is 0 Å². The summed E-state index contributed by atoms with van der Waals surface area (Å²) in [6.45, 7) is 0. The first-order valence-electron chi connectivity index (χ1n) is 0.428. The van der Waals surface area contributed by atoms with Gasteiger partial charge in [0.1, 0.15) is 0 Å². The Kier molecular flexibility index (Phi) is 461. The van der Waals surface area contributed by atoms with E-state index in [-0.39, 0.29) is 67.8 Å². The molecule has 0 bridgehead atoms. The third-order valence-electron chi connectivity index (χ3n) is 0. The molecule has 0 aromatic heterocycles. The zero-order chi connectivity index (χ0) is 2.71. The smallest absolute Gasteiger partial charge is 0.812 e. The molecule has 0 aliphatic carbocycles. The SMILES string of the molecule is N#C[O-].O.O.O.[K+]. The third-order valence-corrected chi connectivity index (χ3v) is 0. The van der Waals surface area contributed by atoms with Gasteiger partial charge in [-0.3, -0.25) is 0 Å². The van der Waals surface area contributed by atoms with Crippen molar-refractivity contribution in [3.05, 3.63) is 0 Å². The van der Waals surface area contributed by atoms with Gasteiger partial charge in [-0.25, -0.2) is 5.26 Å². The van der Waals surface area contributed by atoms with Gasteiger partial charge in [0.15, 0.2) is 0 Å². The Hall–Kier alpha value is 0.806. The summed E-state index contributed by atoms with van der Waals surface area (Å²) in [6.07, 6.45) is 0.500.